The molecule has 128 valence electrons. The van der Waals surface area contributed by atoms with E-state index >= 15 is 0 Å². The van der Waals surface area contributed by atoms with E-state index in [2.05, 4.69) is 5.32 Å². The molecule has 23 heavy (non-hydrogen) atoms. The van der Waals surface area contributed by atoms with Crippen LogP contribution in [-0.2, 0) is 14.6 Å². The van der Waals surface area contributed by atoms with E-state index in [1.54, 1.807) is 12.1 Å². The fraction of sp³-hybridized carbons (Fsp3) is 0.533. The van der Waals surface area contributed by atoms with Gasteiger partial charge in [-0.1, -0.05) is 12.1 Å². The van der Waals surface area contributed by atoms with Gasteiger partial charge in [-0.3, -0.25) is 4.79 Å². The zero-order valence-electron chi connectivity index (χ0n) is 12.8. The molecule has 1 N–H and O–H groups in total. The molecule has 2 rings (SSSR count). The van der Waals surface area contributed by atoms with Gasteiger partial charge < -0.3 is 10.2 Å². The Morgan fingerprint density at radius 1 is 1.39 bits per heavy atom. The van der Waals surface area contributed by atoms with E-state index < -0.39 is 15.6 Å². The zero-order chi connectivity index (χ0) is 17.0. The van der Waals surface area contributed by atoms with Gasteiger partial charge in [0.25, 0.3) is 0 Å². The molecule has 1 heterocycles. The highest BCUT2D eigenvalue weighted by Crippen LogP contribution is 2.31. The number of carbonyl (C=O) groups is 1. The van der Waals surface area contributed by atoms with Crippen molar-refractivity contribution in [2.75, 3.05) is 24.5 Å². The molecule has 0 bridgehead atoms. The summed E-state index contributed by atoms with van der Waals surface area (Å²) < 4.78 is 49.5. The fourth-order valence-electron chi connectivity index (χ4n) is 2.79. The van der Waals surface area contributed by atoms with Gasteiger partial charge in [-0.2, -0.15) is 8.78 Å². The van der Waals surface area contributed by atoms with E-state index in [0.29, 0.717) is 25.3 Å². The van der Waals surface area contributed by atoms with Gasteiger partial charge in [-0.15, -0.1) is 0 Å². The summed E-state index contributed by atoms with van der Waals surface area (Å²) in [5, 5.41) is 2.75. The van der Waals surface area contributed by atoms with Crippen LogP contribution in [0.2, 0.25) is 0 Å². The third kappa shape index (κ3) is 4.19. The summed E-state index contributed by atoms with van der Waals surface area (Å²) in [7, 11) is -4.64. The number of hydrogen-bond donors (Lipinski definition) is 1. The highest BCUT2D eigenvalue weighted by molar-refractivity contribution is 7.91. The number of halogens is 2. The lowest BCUT2D eigenvalue weighted by Crippen LogP contribution is -2.41. The first-order valence-corrected chi connectivity index (χ1v) is 8.97. The Labute approximate surface area is 134 Å². The molecule has 1 amide bonds. The van der Waals surface area contributed by atoms with E-state index in [1.165, 1.54) is 19.1 Å². The highest BCUT2D eigenvalue weighted by Gasteiger charge is 2.31. The quantitative estimate of drug-likeness (QED) is 0.886. The summed E-state index contributed by atoms with van der Waals surface area (Å²) in [5.41, 5.74) is 0.306. The third-order valence-electron chi connectivity index (χ3n) is 3.91. The number of rotatable bonds is 5. The molecule has 1 aromatic rings. The molecular formula is C15H20F2N2O3S. The van der Waals surface area contributed by atoms with Crippen molar-refractivity contribution in [3.8, 4) is 0 Å². The van der Waals surface area contributed by atoms with Crippen molar-refractivity contribution in [2.45, 2.75) is 30.4 Å². The molecule has 0 saturated carbocycles. The predicted octanol–water partition coefficient (Wildman–Crippen LogP) is 2.04. The average Bonchev–Trinajstić information content (AvgIpc) is 2.53. The van der Waals surface area contributed by atoms with Crippen LogP contribution in [0.4, 0.5) is 14.5 Å². The van der Waals surface area contributed by atoms with Crippen molar-refractivity contribution >= 4 is 21.4 Å². The van der Waals surface area contributed by atoms with Crippen LogP contribution in [0, 0.1) is 5.92 Å². The first kappa shape index (κ1) is 17.7. The fourth-order valence-corrected chi connectivity index (χ4v) is 3.74. The largest absolute Gasteiger partial charge is 0.370 e. The van der Waals surface area contributed by atoms with Crippen LogP contribution in [0.15, 0.2) is 29.2 Å². The van der Waals surface area contributed by atoms with E-state index in [-0.39, 0.29) is 16.7 Å². The number of anilines is 1. The van der Waals surface area contributed by atoms with Crippen LogP contribution in [-0.4, -0.2) is 39.7 Å². The summed E-state index contributed by atoms with van der Waals surface area (Å²) >= 11 is 0. The molecule has 8 heteroatoms. The number of piperidine rings is 1. The molecule has 0 radical (unpaired) electrons. The predicted molar refractivity (Wildman–Crippen MR) is 83.3 cm³/mol. The third-order valence-corrected chi connectivity index (χ3v) is 5.33. The van der Waals surface area contributed by atoms with Gasteiger partial charge in [0, 0.05) is 26.6 Å². The summed E-state index contributed by atoms with van der Waals surface area (Å²) in [5.74, 6) is -3.40. The maximum atomic E-state index is 12.9. The molecule has 1 saturated heterocycles. The molecule has 1 aliphatic rings. The molecule has 5 nitrogen and oxygen atoms in total. The molecule has 1 fully saturated rings. The van der Waals surface area contributed by atoms with Gasteiger partial charge in [0.15, 0.2) is 0 Å². The standard InChI is InChI=1S/C15H20F2N2O3S/c1-11(20)18-9-12-5-4-8-19(10-12)13-6-2-3-7-14(13)23(21,22)15(16)17/h2-3,6-7,12,15H,4-5,8-10H2,1H3,(H,18,20). The Kier molecular flexibility index (Phi) is 5.56. The minimum atomic E-state index is -4.64. The van der Waals surface area contributed by atoms with Gasteiger partial charge in [-0.25, -0.2) is 8.42 Å². The van der Waals surface area contributed by atoms with Gasteiger partial charge in [0.05, 0.1) is 10.6 Å². The Hall–Kier alpha value is -1.70. The molecule has 1 atom stereocenters. The first-order chi connectivity index (χ1) is 10.8. The van der Waals surface area contributed by atoms with Crippen LogP contribution in [0.25, 0.3) is 0 Å². The van der Waals surface area contributed by atoms with E-state index in [1.807, 2.05) is 4.90 Å². The first-order valence-electron chi connectivity index (χ1n) is 7.43. The van der Waals surface area contributed by atoms with Crippen LogP contribution in [0.3, 0.4) is 0 Å². The molecular weight excluding hydrogens is 326 g/mol. The van der Waals surface area contributed by atoms with Crippen molar-refractivity contribution in [3.05, 3.63) is 24.3 Å². The normalized spacial score (nSPS) is 19.0. The highest BCUT2D eigenvalue weighted by atomic mass is 32.2. The number of nitrogens with zero attached hydrogens (tertiary/aromatic N) is 1. The number of carbonyl (C=O) groups excluding carboxylic acids is 1. The van der Waals surface area contributed by atoms with Crippen molar-refractivity contribution in [1.82, 2.24) is 5.32 Å². The molecule has 1 unspecified atom stereocenters. The number of amides is 1. The molecule has 0 spiro atoms. The molecule has 1 aromatic carbocycles. The summed E-state index contributed by atoms with van der Waals surface area (Å²) in [6.07, 6.45) is 1.72. The second-order valence-corrected chi connectivity index (χ2v) is 7.55. The number of para-hydroxylation sites is 1. The topological polar surface area (TPSA) is 66.5 Å². The number of benzene rings is 1. The van der Waals surface area contributed by atoms with Gasteiger partial charge in [0.1, 0.15) is 0 Å². The van der Waals surface area contributed by atoms with Crippen molar-refractivity contribution in [1.29, 1.82) is 0 Å². The van der Waals surface area contributed by atoms with E-state index in [9.17, 15) is 22.0 Å². The minimum Gasteiger partial charge on any atom is -0.370 e. The average molecular weight is 346 g/mol. The molecule has 1 aliphatic heterocycles. The number of sulfone groups is 1. The minimum absolute atomic E-state index is 0.122. The maximum Gasteiger partial charge on any atom is 0.341 e. The lowest BCUT2D eigenvalue weighted by molar-refractivity contribution is -0.119. The van der Waals surface area contributed by atoms with E-state index in [4.69, 9.17) is 0 Å². The lowest BCUT2D eigenvalue weighted by Gasteiger charge is -2.35. The smallest absolute Gasteiger partial charge is 0.341 e. The Morgan fingerprint density at radius 2 is 2.09 bits per heavy atom. The van der Waals surface area contributed by atoms with Crippen molar-refractivity contribution < 1.29 is 22.0 Å². The van der Waals surface area contributed by atoms with Crippen LogP contribution in [0.5, 0.6) is 0 Å². The molecule has 0 aromatic heterocycles. The Bertz CT molecular complexity index is 664. The van der Waals surface area contributed by atoms with E-state index in [0.717, 1.165) is 12.8 Å². The maximum absolute atomic E-state index is 12.9. The second-order valence-electron chi connectivity index (χ2n) is 5.66. The Balaban J connectivity index is 2.23. The summed E-state index contributed by atoms with van der Waals surface area (Å²) in [6.45, 7) is 3.06. The zero-order valence-corrected chi connectivity index (χ0v) is 13.7. The van der Waals surface area contributed by atoms with Crippen molar-refractivity contribution in [2.24, 2.45) is 5.92 Å². The molecule has 0 aliphatic carbocycles. The number of alkyl halides is 2. The number of nitrogens with one attached hydrogen (secondary N) is 1. The van der Waals surface area contributed by atoms with Crippen molar-refractivity contribution in [3.63, 3.8) is 0 Å². The second kappa shape index (κ2) is 7.25. The summed E-state index contributed by atoms with van der Waals surface area (Å²) in [4.78, 5) is 12.5. The van der Waals surface area contributed by atoms with Crippen LogP contribution in [0.1, 0.15) is 19.8 Å². The van der Waals surface area contributed by atoms with Crippen LogP contribution < -0.4 is 10.2 Å². The van der Waals surface area contributed by atoms with Crippen LogP contribution >= 0.6 is 0 Å². The van der Waals surface area contributed by atoms with Gasteiger partial charge in [-0.05, 0) is 30.9 Å². The van der Waals surface area contributed by atoms with Gasteiger partial charge in [0.2, 0.25) is 15.7 Å². The number of hydrogen-bond acceptors (Lipinski definition) is 4. The summed E-state index contributed by atoms with van der Waals surface area (Å²) in [6, 6.07) is 5.85. The monoisotopic (exact) mass is 346 g/mol. The van der Waals surface area contributed by atoms with Gasteiger partial charge >= 0.3 is 5.76 Å². The Morgan fingerprint density at radius 3 is 2.74 bits per heavy atom. The lowest BCUT2D eigenvalue weighted by atomic mass is 9.97. The SMILES string of the molecule is CC(=O)NCC1CCCN(c2ccccc2S(=O)(=O)C(F)F)C1.